The number of fused-ring (bicyclic) bond motifs is 1. The van der Waals surface area contributed by atoms with Crippen molar-refractivity contribution in [3.05, 3.63) is 42.5 Å². The molecule has 0 bridgehead atoms. The highest BCUT2D eigenvalue weighted by Gasteiger charge is 2.29. The monoisotopic (exact) mass is 398 g/mol. The number of carbonyl (C=O) groups excluding carboxylic acids is 1. The first-order valence-corrected chi connectivity index (χ1v) is 9.74. The lowest BCUT2D eigenvalue weighted by Crippen LogP contribution is -2.24. The van der Waals surface area contributed by atoms with E-state index in [1.165, 1.54) is 0 Å². The number of nitrogens with zero attached hydrogens (tertiary/aromatic N) is 6. The van der Waals surface area contributed by atoms with E-state index >= 15 is 0 Å². The molecule has 0 aliphatic carbocycles. The molecule has 7 nitrogen and oxygen atoms in total. The van der Waals surface area contributed by atoms with Crippen molar-refractivity contribution in [3.63, 3.8) is 0 Å². The van der Waals surface area contributed by atoms with Crippen LogP contribution in [0.1, 0.15) is 37.6 Å². The van der Waals surface area contributed by atoms with Crippen LogP contribution < -0.4 is 9.80 Å². The topological polar surface area (TPSA) is 67.2 Å². The quantitative estimate of drug-likeness (QED) is 0.674. The highest BCUT2D eigenvalue weighted by molar-refractivity contribution is 5.95. The van der Waals surface area contributed by atoms with E-state index in [-0.39, 0.29) is 11.9 Å². The van der Waals surface area contributed by atoms with E-state index in [2.05, 4.69) is 15.1 Å². The zero-order chi connectivity index (χ0) is 20.0. The molecule has 0 saturated carbocycles. The molecule has 150 valence electrons. The van der Waals surface area contributed by atoms with Gasteiger partial charge in [0, 0.05) is 37.6 Å². The van der Waals surface area contributed by atoms with Crippen molar-refractivity contribution < 1.29 is 13.6 Å². The average Bonchev–Trinajstić information content (AvgIpc) is 3.47. The summed E-state index contributed by atoms with van der Waals surface area (Å²) in [5.41, 5.74) is 1.34. The summed E-state index contributed by atoms with van der Waals surface area (Å²) in [5, 5.41) is 5.22. The average molecular weight is 398 g/mol. The van der Waals surface area contributed by atoms with Gasteiger partial charge in [0.15, 0.2) is 5.82 Å². The molecule has 5 rings (SSSR count). The van der Waals surface area contributed by atoms with Gasteiger partial charge in [0.2, 0.25) is 5.91 Å². The number of hydrogen-bond acceptors (Lipinski definition) is 5. The fraction of sp³-hybridized carbons (Fsp3) is 0.400. The summed E-state index contributed by atoms with van der Waals surface area (Å²) in [6, 6.07) is 7.32. The van der Waals surface area contributed by atoms with E-state index in [4.69, 9.17) is 0 Å². The summed E-state index contributed by atoms with van der Waals surface area (Å²) in [5.74, 6) is 0.219. The maximum Gasteiger partial charge on any atom is 0.297 e. The molecule has 1 amide bonds. The van der Waals surface area contributed by atoms with E-state index in [9.17, 15) is 13.6 Å². The van der Waals surface area contributed by atoms with Gasteiger partial charge >= 0.3 is 0 Å². The van der Waals surface area contributed by atoms with Gasteiger partial charge in [-0.25, -0.2) is 18.7 Å². The van der Waals surface area contributed by atoms with Gasteiger partial charge in [-0.05, 0) is 25.0 Å². The zero-order valence-corrected chi connectivity index (χ0v) is 15.7. The first-order valence-electron chi connectivity index (χ1n) is 9.74. The molecule has 2 aliphatic heterocycles. The Morgan fingerprint density at radius 1 is 1.14 bits per heavy atom. The second-order valence-corrected chi connectivity index (χ2v) is 7.44. The summed E-state index contributed by atoms with van der Waals surface area (Å²) in [6.07, 6.45) is 3.17. The van der Waals surface area contributed by atoms with Crippen LogP contribution in [-0.2, 0) is 4.79 Å². The molecule has 2 aliphatic rings. The van der Waals surface area contributed by atoms with Crippen LogP contribution in [0, 0.1) is 0 Å². The number of halogens is 2. The number of anilines is 2. The van der Waals surface area contributed by atoms with Crippen LogP contribution in [0.3, 0.4) is 0 Å². The Bertz CT molecular complexity index is 1070. The molecule has 4 heterocycles. The summed E-state index contributed by atoms with van der Waals surface area (Å²) < 4.78 is 28.5. The van der Waals surface area contributed by atoms with Crippen molar-refractivity contribution in [3.8, 4) is 0 Å². The minimum atomic E-state index is -2.72. The van der Waals surface area contributed by atoms with E-state index in [0.717, 1.165) is 30.5 Å². The van der Waals surface area contributed by atoms with E-state index < -0.39 is 12.2 Å². The summed E-state index contributed by atoms with van der Waals surface area (Å²) >= 11 is 0. The molecule has 29 heavy (non-hydrogen) atoms. The molecule has 1 aromatic carbocycles. The Hall–Kier alpha value is -3.10. The van der Waals surface area contributed by atoms with Crippen LogP contribution in [-0.4, -0.2) is 45.3 Å². The predicted molar refractivity (Wildman–Crippen MR) is 104 cm³/mol. The van der Waals surface area contributed by atoms with Crippen LogP contribution in [0.4, 0.5) is 20.3 Å². The molecule has 2 saturated heterocycles. The SMILES string of the molecule is O=C1CCCN1c1cnn(C2CCN(c3nc(C(F)F)nc4ccccc34)C2)c1. The lowest BCUT2D eigenvalue weighted by Gasteiger charge is -2.20. The van der Waals surface area contributed by atoms with Crippen LogP contribution in [0.15, 0.2) is 36.7 Å². The van der Waals surface area contributed by atoms with Gasteiger partial charge in [0.25, 0.3) is 6.43 Å². The van der Waals surface area contributed by atoms with E-state index in [1.807, 2.05) is 27.9 Å². The lowest BCUT2D eigenvalue weighted by molar-refractivity contribution is -0.117. The standard InChI is InChI=1S/C20H20F2N6O/c21-18(22)19-24-16-5-2-1-4-15(16)20(25-19)26-9-7-13(11-26)28-12-14(10-23-28)27-8-3-6-17(27)29/h1-2,4-5,10,12-13,18H,3,6-9,11H2. The fourth-order valence-electron chi connectivity index (χ4n) is 4.15. The smallest absolute Gasteiger partial charge is 0.297 e. The van der Waals surface area contributed by atoms with Crippen molar-refractivity contribution in [2.45, 2.75) is 31.7 Å². The van der Waals surface area contributed by atoms with Gasteiger partial charge in [-0.1, -0.05) is 12.1 Å². The molecule has 9 heteroatoms. The second-order valence-electron chi connectivity index (χ2n) is 7.44. The molecule has 0 spiro atoms. The maximum absolute atomic E-state index is 13.3. The third-order valence-corrected chi connectivity index (χ3v) is 5.61. The minimum absolute atomic E-state index is 0.0881. The number of hydrogen-bond donors (Lipinski definition) is 0. The van der Waals surface area contributed by atoms with Gasteiger partial charge in [-0.3, -0.25) is 9.48 Å². The molecule has 1 atom stereocenters. The van der Waals surface area contributed by atoms with E-state index in [0.29, 0.717) is 30.8 Å². The Morgan fingerprint density at radius 3 is 2.79 bits per heavy atom. The maximum atomic E-state index is 13.3. The Morgan fingerprint density at radius 2 is 2.00 bits per heavy atom. The highest BCUT2D eigenvalue weighted by Crippen LogP contribution is 2.32. The Balaban J connectivity index is 1.41. The van der Waals surface area contributed by atoms with Crippen molar-refractivity contribution >= 4 is 28.3 Å². The van der Waals surface area contributed by atoms with Gasteiger partial charge in [0.1, 0.15) is 5.82 Å². The minimum Gasteiger partial charge on any atom is -0.354 e. The van der Waals surface area contributed by atoms with Gasteiger partial charge in [-0.15, -0.1) is 0 Å². The summed E-state index contributed by atoms with van der Waals surface area (Å²) in [4.78, 5) is 23.9. The number of aromatic nitrogens is 4. The van der Waals surface area contributed by atoms with E-state index in [1.54, 1.807) is 23.2 Å². The highest BCUT2D eigenvalue weighted by atomic mass is 19.3. The first-order chi connectivity index (χ1) is 14.1. The third kappa shape index (κ3) is 3.20. The number of rotatable bonds is 4. The zero-order valence-electron chi connectivity index (χ0n) is 15.7. The van der Waals surface area contributed by atoms with Gasteiger partial charge in [0.05, 0.1) is 23.4 Å². The molecular weight excluding hydrogens is 378 g/mol. The number of carbonyl (C=O) groups is 1. The van der Waals surface area contributed by atoms with Crippen LogP contribution in [0.2, 0.25) is 0 Å². The van der Waals surface area contributed by atoms with Crippen LogP contribution in [0.25, 0.3) is 10.9 Å². The largest absolute Gasteiger partial charge is 0.354 e. The number of amides is 1. The Labute approximate surface area is 166 Å². The van der Waals surface area contributed by atoms with Crippen LogP contribution in [0.5, 0.6) is 0 Å². The summed E-state index contributed by atoms with van der Waals surface area (Å²) in [6.45, 7) is 2.02. The van der Waals surface area contributed by atoms with Gasteiger partial charge in [-0.2, -0.15) is 5.10 Å². The van der Waals surface area contributed by atoms with Crippen molar-refractivity contribution in [1.29, 1.82) is 0 Å². The molecule has 3 aromatic rings. The fourth-order valence-corrected chi connectivity index (χ4v) is 4.15. The second kappa shape index (κ2) is 7.06. The molecular formula is C20H20F2N6O. The normalized spacial score (nSPS) is 19.8. The lowest BCUT2D eigenvalue weighted by atomic mass is 10.2. The molecule has 0 radical (unpaired) electrons. The first kappa shape index (κ1) is 18.0. The number of benzene rings is 1. The molecule has 2 fully saturated rings. The Kier molecular flexibility index (Phi) is 4.37. The van der Waals surface area contributed by atoms with Crippen molar-refractivity contribution in [2.75, 3.05) is 29.4 Å². The number of para-hydroxylation sites is 1. The van der Waals surface area contributed by atoms with Crippen molar-refractivity contribution in [2.24, 2.45) is 0 Å². The summed E-state index contributed by atoms with van der Waals surface area (Å²) in [7, 11) is 0. The van der Waals surface area contributed by atoms with Crippen molar-refractivity contribution in [1.82, 2.24) is 19.7 Å². The molecule has 2 aromatic heterocycles. The van der Waals surface area contributed by atoms with Gasteiger partial charge < -0.3 is 9.80 Å². The third-order valence-electron chi connectivity index (χ3n) is 5.61. The number of alkyl halides is 2. The predicted octanol–water partition coefficient (Wildman–Crippen LogP) is 3.34. The van der Waals surface area contributed by atoms with Crippen LogP contribution >= 0.6 is 0 Å². The molecule has 0 N–H and O–H groups in total. The molecule has 1 unspecified atom stereocenters.